The van der Waals surface area contributed by atoms with E-state index in [1.54, 1.807) is 11.3 Å². The molecule has 110 valence electrons. The highest BCUT2D eigenvalue weighted by Crippen LogP contribution is 2.34. The summed E-state index contributed by atoms with van der Waals surface area (Å²) in [5.74, 6) is 0.266. The van der Waals surface area contributed by atoms with Gasteiger partial charge < -0.3 is 10.2 Å². The van der Waals surface area contributed by atoms with Crippen LogP contribution in [-0.2, 0) is 9.84 Å². The Hall–Kier alpha value is -1.08. The van der Waals surface area contributed by atoms with Crippen molar-refractivity contribution in [2.24, 2.45) is 0 Å². The number of sulfone groups is 1. The molecule has 2 aliphatic rings. The van der Waals surface area contributed by atoms with Crippen molar-refractivity contribution >= 4 is 27.2 Å². The van der Waals surface area contributed by atoms with Crippen LogP contribution in [0.1, 0.15) is 30.2 Å². The van der Waals surface area contributed by atoms with Gasteiger partial charge in [-0.1, -0.05) is 6.07 Å². The van der Waals surface area contributed by atoms with Crippen molar-refractivity contribution < 1.29 is 13.2 Å². The van der Waals surface area contributed by atoms with Crippen molar-refractivity contribution in [2.45, 2.75) is 31.3 Å². The van der Waals surface area contributed by atoms with E-state index in [0.717, 1.165) is 19.4 Å². The first-order valence-electron chi connectivity index (χ1n) is 6.86. The standard InChI is InChI=1S/C13H18N2O3S2/c16-13(14-10-5-8-20(17,18)9-10)15-6-1-3-11(15)12-4-2-7-19-12/h2,4,7,10-11H,1,3,5-6,8-9H2,(H,14,16)/t10-,11-/m0/s1. The third kappa shape index (κ3) is 2.83. The number of carbonyl (C=O) groups excluding carboxylic acids is 1. The Labute approximate surface area is 122 Å². The Morgan fingerprint density at radius 2 is 2.25 bits per heavy atom. The fourth-order valence-corrected chi connectivity index (χ4v) is 5.50. The van der Waals surface area contributed by atoms with Gasteiger partial charge in [0.1, 0.15) is 0 Å². The molecule has 0 bridgehead atoms. The fraction of sp³-hybridized carbons (Fsp3) is 0.615. The molecule has 0 unspecified atom stereocenters. The Bertz CT molecular complexity index is 583. The Morgan fingerprint density at radius 1 is 1.40 bits per heavy atom. The molecule has 3 heterocycles. The van der Waals surface area contributed by atoms with Crippen LogP contribution in [-0.4, -0.2) is 43.4 Å². The van der Waals surface area contributed by atoms with Gasteiger partial charge >= 0.3 is 6.03 Å². The Morgan fingerprint density at radius 3 is 2.90 bits per heavy atom. The first kappa shape index (κ1) is 13.9. The zero-order chi connectivity index (χ0) is 14.2. The third-order valence-corrected chi connectivity index (χ3v) is 6.69. The topological polar surface area (TPSA) is 66.5 Å². The van der Waals surface area contributed by atoms with Gasteiger partial charge in [-0.05, 0) is 30.7 Å². The molecule has 2 atom stereocenters. The number of nitrogens with zero attached hydrogens (tertiary/aromatic N) is 1. The van der Waals surface area contributed by atoms with Crippen LogP contribution < -0.4 is 5.32 Å². The van der Waals surface area contributed by atoms with Crippen molar-refractivity contribution in [3.8, 4) is 0 Å². The quantitative estimate of drug-likeness (QED) is 0.905. The Kier molecular flexibility index (Phi) is 3.72. The number of hydrogen-bond acceptors (Lipinski definition) is 4. The van der Waals surface area contributed by atoms with Gasteiger partial charge in [0, 0.05) is 17.5 Å². The molecule has 2 amide bonds. The second-order valence-electron chi connectivity index (χ2n) is 5.42. The molecule has 3 rings (SSSR count). The number of hydrogen-bond donors (Lipinski definition) is 1. The van der Waals surface area contributed by atoms with Crippen molar-refractivity contribution in [1.29, 1.82) is 0 Å². The minimum Gasteiger partial charge on any atom is -0.334 e. The van der Waals surface area contributed by atoms with E-state index in [1.165, 1.54) is 4.88 Å². The molecule has 1 N–H and O–H groups in total. The molecular weight excluding hydrogens is 296 g/mol. The van der Waals surface area contributed by atoms with Gasteiger partial charge in [-0.3, -0.25) is 0 Å². The van der Waals surface area contributed by atoms with Crippen LogP contribution >= 0.6 is 11.3 Å². The van der Waals surface area contributed by atoms with Gasteiger partial charge in [-0.25, -0.2) is 13.2 Å². The second-order valence-corrected chi connectivity index (χ2v) is 8.62. The van der Waals surface area contributed by atoms with Gasteiger partial charge in [-0.2, -0.15) is 0 Å². The zero-order valence-corrected chi connectivity index (χ0v) is 12.8. The van der Waals surface area contributed by atoms with Gasteiger partial charge in [-0.15, -0.1) is 11.3 Å². The summed E-state index contributed by atoms with van der Waals surface area (Å²) in [6, 6.07) is 3.85. The summed E-state index contributed by atoms with van der Waals surface area (Å²) >= 11 is 1.67. The summed E-state index contributed by atoms with van der Waals surface area (Å²) in [5.41, 5.74) is 0. The first-order chi connectivity index (χ1) is 9.55. The van der Waals surface area contributed by atoms with E-state index < -0.39 is 9.84 Å². The highest BCUT2D eigenvalue weighted by molar-refractivity contribution is 7.91. The van der Waals surface area contributed by atoms with Gasteiger partial charge in [0.15, 0.2) is 9.84 Å². The van der Waals surface area contributed by atoms with E-state index >= 15 is 0 Å². The van der Waals surface area contributed by atoms with Crippen LogP contribution in [0.15, 0.2) is 17.5 Å². The molecule has 0 aliphatic carbocycles. The predicted molar refractivity (Wildman–Crippen MR) is 78.6 cm³/mol. The van der Waals surface area contributed by atoms with E-state index in [4.69, 9.17) is 0 Å². The molecule has 7 heteroatoms. The van der Waals surface area contributed by atoms with Crippen LogP contribution in [0.5, 0.6) is 0 Å². The maximum atomic E-state index is 12.3. The highest BCUT2D eigenvalue weighted by atomic mass is 32.2. The summed E-state index contributed by atoms with van der Waals surface area (Å²) in [6.45, 7) is 0.744. The molecule has 0 spiro atoms. The molecule has 5 nitrogen and oxygen atoms in total. The molecule has 1 aromatic heterocycles. The zero-order valence-electron chi connectivity index (χ0n) is 11.1. The average molecular weight is 314 g/mol. The summed E-state index contributed by atoms with van der Waals surface area (Å²) in [5, 5.41) is 4.90. The third-order valence-electron chi connectivity index (χ3n) is 3.95. The average Bonchev–Trinajstić information content (AvgIpc) is 3.08. The van der Waals surface area contributed by atoms with Crippen LogP contribution in [0.4, 0.5) is 4.79 Å². The second kappa shape index (κ2) is 5.37. The number of rotatable bonds is 2. The number of nitrogens with one attached hydrogen (secondary N) is 1. The summed E-state index contributed by atoms with van der Waals surface area (Å²) in [4.78, 5) is 15.4. The lowest BCUT2D eigenvalue weighted by Gasteiger charge is -2.25. The predicted octanol–water partition coefficient (Wildman–Crippen LogP) is 1.78. The van der Waals surface area contributed by atoms with Gasteiger partial charge in [0.25, 0.3) is 0 Å². The van der Waals surface area contributed by atoms with Crippen molar-refractivity contribution in [3.63, 3.8) is 0 Å². The molecule has 0 aromatic carbocycles. The van der Waals surface area contributed by atoms with Crippen molar-refractivity contribution in [2.75, 3.05) is 18.1 Å². The maximum Gasteiger partial charge on any atom is 0.318 e. The normalized spacial score (nSPS) is 28.7. The molecule has 0 radical (unpaired) electrons. The number of amides is 2. The molecule has 0 saturated carbocycles. The molecule has 1 aromatic rings. The molecule has 2 saturated heterocycles. The van der Waals surface area contributed by atoms with Crippen LogP contribution in [0.25, 0.3) is 0 Å². The first-order valence-corrected chi connectivity index (χ1v) is 9.56. The highest BCUT2D eigenvalue weighted by Gasteiger charge is 2.34. The van der Waals surface area contributed by atoms with E-state index in [2.05, 4.69) is 11.4 Å². The molecular formula is C13H18N2O3S2. The smallest absolute Gasteiger partial charge is 0.318 e. The number of carbonyl (C=O) groups is 1. The molecule has 2 aliphatic heterocycles. The monoisotopic (exact) mass is 314 g/mol. The van der Waals surface area contributed by atoms with Gasteiger partial charge in [0.05, 0.1) is 17.5 Å². The minimum absolute atomic E-state index is 0.0796. The summed E-state index contributed by atoms with van der Waals surface area (Å²) < 4.78 is 22.9. The molecule has 2 fully saturated rings. The van der Waals surface area contributed by atoms with Crippen LogP contribution in [0.2, 0.25) is 0 Å². The number of likely N-dealkylation sites (tertiary alicyclic amines) is 1. The van der Waals surface area contributed by atoms with Crippen molar-refractivity contribution in [1.82, 2.24) is 10.2 Å². The van der Waals surface area contributed by atoms with Crippen LogP contribution in [0.3, 0.4) is 0 Å². The lowest BCUT2D eigenvalue weighted by molar-refractivity contribution is 0.190. The Balaban J connectivity index is 1.65. The van der Waals surface area contributed by atoms with Crippen molar-refractivity contribution in [3.05, 3.63) is 22.4 Å². The fourth-order valence-electron chi connectivity index (χ4n) is 2.95. The summed E-state index contributed by atoms with van der Waals surface area (Å²) in [6.07, 6.45) is 2.52. The minimum atomic E-state index is -2.95. The lowest BCUT2D eigenvalue weighted by Crippen LogP contribution is -2.44. The number of thiophene rings is 1. The SMILES string of the molecule is O=C(N[C@H]1CCS(=O)(=O)C1)N1CCC[C@H]1c1cccs1. The lowest BCUT2D eigenvalue weighted by atomic mass is 10.2. The van der Waals surface area contributed by atoms with E-state index in [-0.39, 0.29) is 29.6 Å². The van der Waals surface area contributed by atoms with Crippen LogP contribution in [0, 0.1) is 0 Å². The number of urea groups is 1. The summed E-state index contributed by atoms with van der Waals surface area (Å²) in [7, 11) is -2.95. The largest absolute Gasteiger partial charge is 0.334 e. The van der Waals surface area contributed by atoms with E-state index in [0.29, 0.717) is 6.42 Å². The molecule has 20 heavy (non-hydrogen) atoms. The van der Waals surface area contributed by atoms with Gasteiger partial charge in [0.2, 0.25) is 0 Å². The van der Waals surface area contributed by atoms with E-state index in [9.17, 15) is 13.2 Å². The maximum absolute atomic E-state index is 12.3. The van der Waals surface area contributed by atoms with E-state index in [1.807, 2.05) is 16.3 Å².